The lowest BCUT2D eigenvalue weighted by atomic mass is 10.1. The number of nitrogens with zero attached hydrogens (tertiary/aromatic N) is 1. The highest BCUT2D eigenvalue weighted by atomic mass is 16.1. The van der Waals surface area contributed by atoms with E-state index in [1.807, 2.05) is 7.05 Å². The van der Waals surface area contributed by atoms with Gasteiger partial charge in [-0.15, -0.1) is 0 Å². The van der Waals surface area contributed by atoms with E-state index >= 15 is 0 Å². The Balaban J connectivity index is 2.55. The molecule has 0 aromatic rings. The summed E-state index contributed by atoms with van der Waals surface area (Å²) in [5, 5.41) is 0. The molecule has 2 heteroatoms. The molecule has 0 aromatic carbocycles. The first-order valence-electron chi connectivity index (χ1n) is 3.70. The highest BCUT2D eigenvalue weighted by Crippen LogP contribution is 2.17. The molecule has 0 spiro atoms. The third-order valence-electron chi connectivity index (χ3n) is 1.93. The van der Waals surface area contributed by atoms with Crippen molar-refractivity contribution in [2.45, 2.75) is 19.3 Å². The lowest BCUT2D eigenvalue weighted by Crippen LogP contribution is -2.23. The van der Waals surface area contributed by atoms with Gasteiger partial charge in [0.25, 0.3) is 0 Å². The van der Waals surface area contributed by atoms with Gasteiger partial charge in [0.05, 0.1) is 0 Å². The molecule has 0 aromatic heterocycles. The molecule has 56 valence electrons. The van der Waals surface area contributed by atoms with Crippen molar-refractivity contribution in [1.29, 1.82) is 0 Å². The number of allylic oxidation sites excluding steroid dienone is 2. The van der Waals surface area contributed by atoms with Crippen LogP contribution in [0.2, 0.25) is 0 Å². The summed E-state index contributed by atoms with van der Waals surface area (Å²) in [6.07, 6.45) is 6.09. The first-order valence-corrected chi connectivity index (χ1v) is 3.70. The molecule has 1 heterocycles. The Morgan fingerprint density at radius 1 is 1.50 bits per heavy atom. The van der Waals surface area contributed by atoms with E-state index in [0.717, 1.165) is 19.3 Å². The van der Waals surface area contributed by atoms with Crippen LogP contribution in [0.4, 0.5) is 0 Å². The molecule has 0 radical (unpaired) electrons. The molecule has 2 nitrogen and oxygen atoms in total. The number of hydrogen-bond donors (Lipinski definition) is 0. The topological polar surface area (TPSA) is 20.3 Å². The number of carbonyl (C=O) groups excluding carboxylic acids is 1. The maximum Gasteiger partial charge on any atom is 0.144 e. The minimum absolute atomic E-state index is 0.872. The molecule has 1 saturated heterocycles. The predicted molar refractivity (Wildman–Crippen MR) is 40.6 cm³/mol. The minimum atomic E-state index is 0.872. The summed E-state index contributed by atoms with van der Waals surface area (Å²) in [5.41, 5.74) is 1.18. The first-order chi connectivity index (χ1) is 4.84. The molecule has 0 amide bonds. The van der Waals surface area contributed by atoms with E-state index in [9.17, 15) is 4.79 Å². The second-order valence-electron chi connectivity index (χ2n) is 2.67. The summed E-state index contributed by atoms with van der Waals surface area (Å²) in [4.78, 5) is 12.3. The molecule has 1 fully saturated rings. The van der Waals surface area contributed by atoms with E-state index in [4.69, 9.17) is 0 Å². The van der Waals surface area contributed by atoms with Crippen molar-refractivity contribution in [3.63, 3.8) is 0 Å². The van der Waals surface area contributed by atoms with Crippen molar-refractivity contribution < 1.29 is 4.79 Å². The average molecular weight is 139 g/mol. The summed E-state index contributed by atoms with van der Waals surface area (Å²) in [6, 6.07) is 0. The van der Waals surface area contributed by atoms with E-state index in [0.29, 0.717) is 0 Å². The molecule has 0 bridgehead atoms. The van der Waals surface area contributed by atoms with Crippen molar-refractivity contribution in [3.8, 4) is 0 Å². The smallest absolute Gasteiger partial charge is 0.144 e. The van der Waals surface area contributed by atoms with Gasteiger partial charge in [-0.2, -0.15) is 0 Å². The van der Waals surface area contributed by atoms with Crippen LogP contribution in [-0.2, 0) is 4.79 Å². The van der Waals surface area contributed by atoms with Gasteiger partial charge in [0.15, 0.2) is 0 Å². The fraction of sp³-hybridized carbons (Fsp3) is 0.625. The van der Waals surface area contributed by atoms with Crippen LogP contribution in [0.25, 0.3) is 0 Å². The zero-order valence-corrected chi connectivity index (χ0v) is 6.34. The Labute approximate surface area is 61.5 Å². The van der Waals surface area contributed by atoms with E-state index in [2.05, 4.69) is 4.90 Å². The van der Waals surface area contributed by atoms with Crippen molar-refractivity contribution in [1.82, 2.24) is 4.90 Å². The van der Waals surface area contributed by atoms with E-state index in [1.54, 1.807) is 6.08 Å². The minimum Gasteiger partial charge on any atom is -0.378 e. The molecular weight excluding hydrogens is 126 g/mol. The second-order valence-corrected chi connectivity index (χ2v) is 2.67. The van der Waals surface area contributed by atoms with Crippen LogP contribution in [0.3, 0.4) is 0 Å². The quantitative estimate of drug-likeness (QED) is 0.401. The molecule has 1 aliphatic rings. The Bertz CT molecular complexity index is 151. The van der Waals surface area contributed by atoms with Crippen LogP contribution < -0.4 is 0 Å². The van der Waals surface area contributed by atoms with Gasteiger partial charge in [-0.3, -0.25) is 4.79 Å². The van der Waals surface area contributed by atoms with E-state index in [-0.39, 0.29) is 0 Å². The number of hydrogen-bond acceptors (Lipinski definition) is 2. The van der Waals surface area contributed by atoms with Crippen LogP contribution in [0.5, 0.6) is 0 Å². The van der Waals surface area contributed by atoms with Gasteiger partial charge in [0.2, 0.25) is 0 Å². The Morgan fingerprint density at radius 3 is 2.90 bits per heavy atom. The van der Waals surface area contributed by atoms with Gasteiger partial charge in [0, 0.05) is 19.3 Å². The van der Waals surface area contributed by atoms with Crippen molar-refractivity contribution in [3.05, 3.63) is 11.8 Å². The third kappa shape index (κ3) is 1.59. The third-order valence-corrected chi connectivity index (χ3v) is 1.93. The highest BCUT2D eigenvalue weighted by Gasteiger charge is 2.08. The summed E-state index contributed by atoms with van der Waals surface area (Å²) in [7, 11) is 2.04. The van der Waals surface area contributed by atoms with Crippen LogP contribution in [0.1, 0.15) is 19.3 Å². The molecule has 0 aliphatic carbocycles. The predicted octanol–water partition coefficient (Wildman–Crippen LogP) is 1.18. The maximum atomic E-state index is 10.1. The second kappa shape index (κ2) is 3.40. The lowest BCUT2D eigenvalue weighted by molar-refractivity contribution is -0.104. The monoisotopic (exact) mass is 139 g/mol. The van der Waals surface area contributed by atoms with Gasteiger partial charge in [-0.25, -0.2) is 0 Å². The van der Waals surface area contributed by atoms with Crippen molar-refractivity contribution in [2.24, 2.45) is 0 Å². The molecule has 0 N–H and O–H groups in total. The highest BCUT2D eigenvalue weighted by molar-refractivity contribution is 5.65. The van der Waals surface area contributed by atoms with Crippen LogP contribution >= 0.6 is 0 Å². The van der Waals surface area contributed by atoms with Gasteiger partial charge in [-0.05, 0) is 25.3 Å². The number of likely N-dealkylation sites (tertiary alicyclic amines) is 1. The number of aldehydes is 1. The SMILES string of the molecule is CN1CCCC/C1=C\C=O. The van der Waals surface area contributed by atoms with E-state index < -0.39 is 0 Å². The van der Waals surface area contributed by atoms with Crippen LogP contribution in [0.15, 0.2) is 11.8 Å². The van der Waals surface area contributed by atoms with Gasteiger partial charge < -0.3 is 4.90 Å². The maximum absolute atomic E-state index is 10.1. The summed E-state index contributed by atoms with van der Waals surface area (Å²) < 4.78 is 0. The fourth-order valence-electron chi connectivity index (χ4n) is 1.28. The molecule has 0 saturated carbocycles. The lowest BCUT2D eigenvalue weighted by Gasteiger charge is -2.26. The number of rotatable bonds is 1. The zero-order valence-electron chi connectivity index (χ0n) is 6.34. The van der Waals surface area contributed by atoms with Gasteiger partial charge in [0.1, 0.15) is 6.29 Å². The summed E-state index contributed by atoms with van der Waals surface area (Å²) >= 11 is 0. The zero-order chi connectivity index (χ0) is 7.40. The summed E-state index contributed by atoms with van der Waals surface area (Å²) in [5.74, 6) is 0. The fourth-order valence-corrected chi connectivity index (χ4v) is 1.28. The van der Waals surface area contributed by atoms with Crippen molar-refractivity contribution in [2.75, 3.05) is 13.6 Å². The van der Waals surface area contributed by atoms with Crippen LogP contribution in [0, 0.1) is 0 Å². The first kappa shape index (κ1) is 7.32. The Morgan fingerprint density at radius 2 is 2.30 bits per heavy atom. The average Bonchev–Trinajstić information content (AvgIpc) is 1.94. The normalized spacial score (nSPS) is 23.3. The van der Waals surface area contributed by atoms with Crippen molar-refractivity contribution >= 4 is 6.29 Å². The number of piperidine rings is 1. The van der Waals surface area contributed by atoms with Gasteiger partial charge in [-0.1, -0.05) is 0 Å². The standard InChI is InChI=1S/C8H13NO/c1-9-6-3-2-4-8(9)5-7-10/h5,7H,2-4,6H2,1H3/b8-5+. The Kier molecular flexibility index (Phi) is 2.49. The Hall–Kier alpha value is -0.790. The molecule has 0 unspecified atom stereocenters. The molecule has 0 atom stereocenters. The summed E-state index contributed by atoms with van der Waals surface area (Å²) in [6.45, 7) is 1.10. The molecule has 1 aliphatic heterocycles. The van der Waals surface area contributed by atoms with E-state index in [1.165, 1.54) is 18.5 Å². The van der Waals surface area contributed by atoms with Crippen LogP contribution in [-0.4, -0.2) is 24.8 Å². The largest absolute Gasteiger partial charge is 0.378 e. The molecule has 1 rings (SSSR count). The van der Waals surface area contributed by atoms with Gasteiger partial charge >= 0.3 is 0 Å². The number of carbonyl (C=O) groups is 1. The molecular formula is C8H13NO. The molecule has 10 heavy (non-hydrogen) atoms.